The van der Waals surface area contributed by atoms with E-state index in [0.717, 1.165) is 10.4 Å². The van der Waals surface area contributed by atoms with Crippen LogP contribution in [0.15, 0.2) is 30.3 Å². The van der Waals surface area contributed by atoms with Crippen molar-refractivity contribution in [3.05, 3.63) is 40.2 Å². The van der Waals surface area contributed by atoms with Gasteiger partial charge in [0, 0.05) is 4.88 Å². The summed E-state index contributed by atoms with van der Waals surface area (Å²) in [7, 11) is 0. The molecule has 1 aromatic heterocycles. The molecule has 0 atom stereocenters. The van der Waals surface area contributed by atoms with E-state index in [1.165, 1.54) is 11.3 Å². The largest absolute Gasteiger partial charge is 0.506 e. The third-order valence-electron chi connectivity index (χ3n) is 1.95. The van der Waals surface area contributed by atoms with Crippen molar-refractivity contribution in [3.8, 4) is 22.3 Å². The maximum absolute atomic E-state index is 9.26. The topological polar surface area (TPSA) is 44.0 Å². The van der Waals surface area contributed by atoms with Gasteiger partial charge in [-0.1, -0.05) is 11.6 Å². The van der Waals surface area contributed by atoms with Crippen LogP contribution in [0.3, 0.4) is 0 Å². The quantitative estimate of drug-likeness (QED) is 0.820. The van der Waals surface area contributed by atoms with E-state index in [0.29, 0.717) is 9.90 Å². The molecule has 0 amide bonds. The second-order valence-electron chi connectivity index (χ2n) is 2.94. The lowest BCUT2D eigenvalue weighted by molar-refractivity contribution is 0.475. The summed E-state index contributed by atoms with van der Waals surface area (Å²) in [6, 6.07) is 10.7. The van der Waals surface area contributed by atoms with Gasteiger partial charge < -0.3 is 5.11 Å². The minimum atomic E-state index is 0.0671. The van der Waals surface area contributed by atoms with Crippen molar-refractivity contribution in [2.24, 2.45) is 0 Å². The van der Waals surface area contributed by atoms with Crippen LogP contribution in [0.4, 0.5) is 0 Å². The molecule has 0 aliphatic rings. The number of hydrogen-bond acceptors (Lipinski definition) is 3. The number of aromatic hydroxyl groups is 1. The van der Waals surface area contributed by atoms with Crippen LogP contribution in [0.1, 0.15) is 4.88 Å². The third-order valence-corrected chi connectivity index (χ3v) is 3.29. The van der Waals surface area contributed by atoms with Crippen molar-refractivity contribution in [1.29, 1.82) is 5.26 Å². The van der Waals surface area contributed by atoms with Crippen molar-refractivity contribution in [1.82, 2.24) is 0 Å². The number of rotatable bonds is 1. The molecular weight excluding hydrogens is 230 g/mol. The molecule has 0 saturated heterocycles. The zero-order valence-electron chi connectivity index (χ0n) is 7.57. The Bertz CT molecular complexity index is 542. The first-order valence-corrected chi connectivity index (χ1v) is 5.39. The molecule has 0 saturated carbocycles. The van der Waals surface area contributed by atoms with Crippen LogP contribution in [0.5, 0.6) is 5.75 Å². The fourth-order valence-electron chi connectivity index (χ4n) is 1.21. The van der Waals surface area contributed by atoms with Gasteiger partial charge in [0.25, 0.3) is 0 Å². The first kappa shape index (κ1) is 10.0. The molecule has 0 aliphatic carbocycles. The van der Waals surface area contributed by atoms with Crippen molar-refractivity contribution in [2.75, 3.05) is 0 Å². The molecule has 74 valence electrons. The molecule has 2 aromatic rings. The lowest BCUT2D eigenvalue weighted by atomic mass is 10.2. The van der Waals surface area contributed by atoms with Gasteiger partial charge in [-0.05, 0) is 35.9 Å². The first-order valence-electron chi connectivity index (χ1n) is 4.19. The summed E-state index contributed by atoms with van der Waals surface area (Å²) >= 11 is 7.19. The van der Waals surface area contributed by atoms with Crippen LogP contribution in [-0.2, 0) is 0 Å². The van der Waals surface area contributed by atoms with Gasteiger partial charge in [0.2, 0.25) is 0 Å². The smallest absolute Gasteiger partial charge is 0.134 e. The predicted octanol–water partition coefficient (Wildman–Crippen LogP) is 3.65. The van der Waals surface area contributed by atoms with Gasteiger partial charge in [-0.2, -0.15) is 5.26 Å². The maximum atomic E-state index is 9.26. The highest BCUT2D eigenvalue weighted by molar-refractivity contribution is 7.16. The van der Waals surface area contributed by atoms with Gasteiger partial charge in [0.1, 0.15) is 16.7 Å². The summed E-state index contributed by atoms with van der Waals surface area (Å²) in [6.45, 7) is 0. The van der Waals surface area contributed by atoms with Gasteiger partial charge in [0.15, 0.2) is 0 Å². The Balaban J connectivity index is 2.46. The van der Waals surface area contributed by atoms with E-state index in [9.17, 15) is 5.11 Å². The van der Waals surface area contributed by atoms with Crippen molar-refractivity contribution in [2.45, 2.75) is 0 Å². The van der Waals surface area contributed by atoms with Gasteiger partial charge in [0.05, 0.1) is 5.02 Å². The number of hydrogen-bond donors (Lipinski definition) is 1. The molecule has 0 aliphatic heterocycles. The normalized spacial score (nSPS) is 9.87. The summed E-state index contributed by atoms with van der Waals surface area (Å²) in [6.07, 6.45) is 0. The highest BCUT2D eigenvalue weighted by Crippen LogP contribution is 2.32. The molecule has 1 N–H and O–H groups in total. The second kappa shape index (κ2) is 3.93. The van der Waals surface area contributed by atoms with E-state index in [2.05, 4.69) is 6.07 Å². The Labute approximate surface area is 96.0 Å². The van der Waals surface area contributed by atoms with E-state index in [1.54, 1.807) is 24.3 Å². The van der Waals surface area contributed by atoms with E-state index in [4.69, 9.17) is 16.9 Å². The molecule has 2 rings (SSSR count). The van der Waals surface area contributed by atoms with Gasteiger partial charge in [-0.15, -0.1) is 11.3 Å². The maximum Gasteiger partial charge on any atom is 0.134 e. The lowest BCUT2D eigenvalue weighted by Crippen LogP contribution is -1.73. The minimum absolute atomic E-state index is 0.0671. The minimum Gasteiger partial charge on any atom is -0.506 e. The molecule has 0 spiro atoms. The third kappa shape index (κ3) is 1.96. The van der Waals surface area contributed by atoms with Crippen LogP contribution < -0.4 is 0 Å². The SMILES string of the molecule is N#Cc1ccc(-c2ccc(O)c(Cl)c2)s1. The fraction of sp³-hybridized carbons (Fsp3) is 0. The van der Waals surface area contributed by atoms with Crippen LogP contribution in [-0.4, -0.2) is 5.11 Å². The molecular formula is C11H6ClNOS. The van der Waals surface area contributed by atoms with E-state index in [-0.39, 0.29) is 5.75 Å². The van der Waals surface area contributed by atoms with Crippen LogP contribution in [0.25, 0.3) is 10.4 Å². The van der Waals surface area contributed by atoms with Crippen molar-refractivity contribution in [3.63, 3.8) is 0 Å². The number of phenolic OH excluding ortho intramolecular Hbond substituents is 1. The Morgan fingerprint density at radius 3 is 2.67 bits per heavy atom. The molecule has 1 aromatic carbocycles. The van der Waals surface area contributed by atoms with Gasteiger partial charge in [-0.25, -0.2) is 0 Å². The Morgan fingerprint density at radius 1 is 1.27 bits per heavy atom. The van der Waals surface area contributed by atoms with Crippen molar-refractivity contribution >= 4 is 22.9 Å². The first-order chi connectivity index (χ1) is 7.20. The number of nitriles is 1. The van der Waals surface area contributed by atoms with E-state index in [1.807, 2.05) is 6.07 Å². The average molecular weight is 236 g/mol. The molecule has 15 heavy (non-hydrogen) atoms. The second-order valence-corrected chi connectivity index (χ2v) is 4.43. The number of nitrogens with zero attached hydrogens (tertiary/aromatic N) is 1. The Kier molecular flexibility index (Phi) is 2.63. The van der Waals surface area contributed by atoms with Crippen LogP contribution in [0.2, 0.25) is 5.02 Å². The Morgan fingerprint density at radius 2 is 2.07 bits per heavy atom. The molecule has 0 fully saturated rings. The average Bonchev–Trinajstić information content (AvgIpc) is 2.70. The summed E-state index contributed by atoms with van der Waals surface area (Å²) < 4.78 is 0. The number of thiophene rings is 1. The molecule has 0 unspecified atom stereocenters. The standard InChI is InChI=1S/C11H6ClNOS/c12-9-5-7(1-3-10(9)14)11-4-2-8(6-13)15-11/h1-5,14H. The van der Waals surface area contributed by atoms with Crippen LogP contribution >= 0.6 is 22.9 Å². The molecule has 0 radical (unpaired) electrons. The molecule has 0 bridgehead atoms. The zero-order valence-corrected chi connectivity index (χ0v) is 9.14. The predicted molar refractivity (Wildman–Crippen MR) is 61.1 cm³/mol. The molecule has 4 heteroatoms. The summed E-state index contributed by atoms with van der Waals surface area (Å²) in [5.74, 6) is 0.0671. The van der Waals surface area contributed by atoms with E-state index >= 15 is 0 Å². The number of phenols is 1. The monoisotopic (exact) mass is 235 g/mol. The highest BCUT2D eigenvalue weighted by atomic mass is 35.5. The van der Waals surface area contributed by atoms with Gasteiger partial charge >= 0.3 is 0 Å². The van der Waals surface area contributed by atoms with Crippen LogP contribution in [0, 0.1) is 11.3 Å². The number of halogens is 1. The summed E-state index contributed by atoms with van der Waals surface area (Å²) in [4.78, 5) is 1.63. The summed E-state index contributed by atoms with van der Waals surface area (Å²) in [5, 5.41) is 18.3. The molecule has 2 nitrogen and oxygen atoms in total. The Hall–Kier alpha value is -1.50. The number of benzene rings is 1. The zero-order chi connectivity index (χ0) is 10.8. The summed E-state index contributed by atoms with van der Waals surface area (Å²) in [5.41, 5.74) is 0.907. The van der Waals surface area contributed by atoms with E-state index < -0.39 is 0 Å². The fourth-order valence-corrected chi connectivity index (χ4v) is 2.19. The lowest BCUT2D eigenvalue weighted by Gasteiger charge is -1.99. The van der Waals surface area contributed by atoms with Crippen molar-refractivity contribution < 1.29 is 5.11 Å². The molecule has 1 heterocycles. The van der Waals surface area contributed by atoms with Gasteiger partial charge in [-0.3, -0.25) is 0 Å². The highest BCUT2D eigenvalue weighted by Gasteiger charge is 2.05.